The number of carbonyl (C=O) groups is 1. The molecule has 0 aliphatic carbocycles. The number of aromatic nitrogens is 2. The van der Waals surface area contributed by atoms with E-state index in [-0.39, 0.29) is 5.56 Å². The summed E-state index contributed by atoms with van der Waals surface area (Å²) < 4.78 is 1.76. The first-order valence-electron chi connectivity index (χ1n) is 9.88. The van der Waals surface area contributed by atoms with E-state index >= 15 is 0 Å². The molecule has 7 heteroatoms. The monoisotopic (exact) mass is 413 g/mol. The topological polar surface area (TPSA) is 119 Å². The second-order valence-corrected chi connectivity index (χ2v) is 7.04. The molecular weight excluding hydrogens is 390 g/mol. The van der Waals surface area contributed by atoms with E-state index in [1.54, 1.807) is 28.9 Å². The SMILES string of the molecule is NCc1cccc(-c2cc(Nc3ccccc3C(=O)O)n(-c3ccccc3CN)n2)c1. The number of hydrogen-bond donors (Lipinski definition) is 4. The van der Waals surface area contributed by atoms with Gasteiger partial charge in [-0.1, -0.05) is 48.5 Å². The van der Waals surface area contributed by atoms with Crippen LogP contribution in [-0.2, 0) is 13.1 Å². The van der Waals surface area contributed by atoms with Crippen LogP contribution in [0.1, 0.15) is 21.5 Å². The molecule has 7 nitrogen and oxygen atoms in total. The number of carboxylic acid groups (broad SMARTS) is 1. The summed E-state index contributed by atoms with van der Waals surface area (Å²) in [5.41, 5.74) is 16.8. The molecule has 0 aliphatic rings. The van der Waals surface area contributed by atoms with Gasteiger partial charge in [0.25, 0.3) is 0 Å². The van der Waals surface area contributed by atoms with Gasteiger partial charge in [0.2, 0.25) is 0 Å². The zero-order chi connectivity index (χ0) is 21.8. The first kappa shape index (κ1) is 20.3. The third-order valence-corrected chi connectivity index (χ3v) is 5.03. The van der Waals surface area contributed by atoms with E-state index in [0.29, 0.717) is 24.6 Å². The molecule has 0 unspecified atom stereocenters. The normalized spacial score (nSPS) is 10.8. The highest BCUT2D eigenvalue weighted by Gasteiger charge is 2.16. The Balaban J connectivity index is 1.87. The van der Waals surface area contributed by atoms with Crippen molar-refractivity contribution in [3.63, 3.8) is 0 Å². The summed E-state index contributed by atoms with van der Waals surface area (Å²) in [6, 6.07) is 24.2. The Morgan fingerprint density at radius 1 is 0.935 bits per heavy atom. The van der Waals surface area contributed by atoms with E-state index in [1.165, 1.54) is 0 Å². The smallest absolute Gasteiger partial charge is 0.337 e. The van der Waals surface area contributed by atoms with Gasteiger partial charge in [-0.15, -0.1) is 0 Å². The van der Waals surface area contributed by atoms with Gasteiger partial charge in [0, 0.05) is 24.7 Å². The van der Waals surface area contributed by atoms with E-state index in [4.69, 9.17) is 16.6 Å². The van der Waals surface area contributed by atoms with Crippen LogP contribution < -0.4 is 16.8 Å². The Hall–Kier alpha value is -3.94. The Labute approximate surface area is 179 Å². The minimum absolute atomic E-state index is 0.175. The second kappa shape index (κ2) is 8.83. The van der Waals surface area contributed by atoms with Crippen LogP contribution in [0.15, 0.2) is 78.9 Å². The lowest BCUT2D eigenvalue weighted by molar-refractivity contribution is 0.0698. The van der Waals surface area contributed by atoms with Crippen LogP contribution in [-0.4, -0.2) is 20.9 Å². The van der Waals surface area contributed by atoms with Crippen LogP contribution in [0.25, 0.3) is 16.9 Å². The predicted octanol–water partition coefficient (Wildman–Crippen LogP) is 3.90. The highest BCUT2D eigenvalue weighted by Crippen LogP contribution is 2.30. The standard InChI is InChI=1S/C24H23N5O2/c25-14-16-6-5-8-17(12-16)21-13-23(27-20-10-3-2-9-19(20)24(30)31)29(28-21)22-11-4-1-7-18(22)15-26/h1-13,27H,14-15,25-26H2,(H,30,31). The average Bonchev–Trinajstić information content (AvgIpc) is 3.23. The summed E-state index contributed by atoms with van der Waals surface area (Å²) >= 11 is 0. The summed E-state index contributed by atoms with van der Waals surface area (Å²) in [7, 11) is 0. The van der Waals surface area contributed by atoms with Gasteiger partial charge in [-0.05, 0) is 35.4 Å². The molecule has 1 aromatic heterocycles. The molecule has 1 heterocycles. The molecule has 0 amide bonds. The molecule has 0 saturated heterocycles. The number of carboxylic acids is 1. The summed E-state index contributed by atoms with van der Waals surface area (Å²) in [5.74, 6) is -0.379. The second-order valence-electron chi connectivity index (χ2n) is 7.04. The fourth-order valence-corrected chi connectivity index (χ4v) is 3.46. The third-order valence-electron chi connectivity index (χ3n) is 5.03. The minimum atomic E-state index is -1.01. The van der Waals surface area contributed by atoms with Crippen molar-refractivity contribution in [1.82, 2.24) is 9.78 Å². The summed E-state index contributed by atoms with van der Waals surface area (Å²) in [4.78, 5) is 11.7. The molecule has 4 aromatic rings. The highest BCUT2D eigenvalue weighted by molar-refractivity contribution is 5.95. The van der Waals surface area contributed by atoms with Crippen LogP contribution in [0.2, 0.25) is 0 Å². The zero-order valence-electron chi connectivity index (χ0n) is 16.8. The lowest BCUT2D eigenvalue weighted by Crippen LogP contribution is -2.09. The number of para-hydroxylation sites is 2. The van der Waals surface area contributed by atoms with Gasteiger partial charge in [-0.25, -0.2) is 9.48 Å². The van der Waals surface area contributed by atoms with Crippen molar-refractivity contribution in [2.24, 2.45) is 11.5 Å². The molecule has 0 aliphatic heterocycles. The van der Waals surface area contributed by atoms with Gasteiger partial charge in [0.15, 0.2) is 0 Å². The number of anilines is 2. The van der Waals surface area contributed by atoms with Crippen LogP contribution in [0.3, 0.4) is 0 Å². The van der Waals surface area contributed by atoms with Crippen molar-refractivity contribution < 1.29 is 9.90 Å². The van der Waals surface area contributed by atoms with E-state index in [2.05, 4.69) is 5.32 Å². The third kappa shape index (κ3) is 4.18. The number of benzene rings is 3. The van der Waals surface area contributed by atoms with E-state index < -0.39 is 5.97 Å². The Morgan fingerprint density at radius 3 is 2.48 bits per heavy atom. The Kier molecular flexibility index (Phi) is 5.79. The highest BCUT2D eigenvalue weighted by atomic mass is 16.4. The molecule has 6 N–H and O–H groups in total. The Morgan fingerprint density at radius 2 is 1.71 bits per heavy atom. The van der Waals surface area contributed by atoms with Gasteiger partial charge in [-0.2, -0.15) is 5.10 Å². The van der Waals surface area contributed by atoms with Crippen molar-refractivity contribution >= 4 is 17.5 Å². The van der Waals surface area contributed by atoms with Gasteiger partial charge < -0.3 is 21.9 Å². The number of hydrogen-bond acceptors (Lipinski definition) is 5. The number of nitrogens with zero attached hydrogens (tertiary/aromatic N) is 2. The fraction of sp³-hybridized carbons (Fsp3) is 0.0833. The number of nitrogens with two attached hydrogens (primary N) is 2. The van der Waals surface area contributed by atoms with Crippen molar-refractivity contribution in [2.75, 3.05) is 5.32 Å². The van der Waals surface area contributed by atoms with Crippen LogP contribution in [0.4, 0.5) is 11.5 Å². The lowest BCUT2D eigenvalue weighted by atomic mass is 10.1. The zero-order valence-corrected chi connectivity index (χ0v) is 16.8. The van der Waals surface area contributed by atoms with Crippen LogP contribution >= 0.6 is 0 Å². The summed E-state index contributed by atoms with van der Waals surface area (Å²) in [6.45, 7) is 0.779. The number of aromatic carboxylic acids is 1. The maximum absolute atomic E-state index is 11.7. The first-order chi connectivity index (χ1) is 15.1. The van der Waals surface area contributed by atoms with Gasteiger partial charge in [0.05, 0.1) is 22.6 Å². The summed E-state index contributed by atoms with van der Waals surface area (Å²) in [6.07, 6.45) is 0. The van der Waals surface area contributed by atoms with Crippen molar-refractivity contribution in [2.45, 2.75) is 13.1 Å². The molecule has 31 heavy (non-hydrogen) atoms. The average molecular weight is 413 g/mol. The fourth-order valence-electron chi connectivity index (χ4n) is 3.46. The molecule has 3 aromatic carbocycles. The quantitative estimate of drug-likeness (QED) is 0.365. The summed E-state index contributed by atoms with van der Waals surface area (Å²) in [5, 5.41) is 17.6. The molecular formula is C24H23N5O2. The van der Waals surface area contributed by atoms with Crippen molar-refractivity contribution in [1.29, 1.82) is 0 Å². The lowest BCUT2D eigenvalue weighted by Gasteiger charge is -2.14. The predicted molar refractivity (Wildman–Crippen MR) is 121 cm³/mol. The molecule has 0 spiro atoms. The minimum Gasteiger partial charge on any atom is -0.478 e. The maximum Gasteiger partial charge on any atom is 0.337 e. The first-order valence-corrected chi connectivity index (χ1v) is 9.88. The molecule has 0 atom stereocenters. The molecule has 0 saturated carbocycles. The van der Waals surface area contributed by atoms with Crippen molar-refractivity contribution in [3.8, 4) is 16.9 Å². The number of rotatable bonds is 7. The number of nitrogens with one attached hydrogen (secondary N) is 1. The van der Waals surface area contributed by atoms with Gasteiger partial charge in [0.1, 0.15) is 5.82 Å². The van der Waals surface area contributed by atoms with Crippen LogP contribution in [0, 0.1) is 0 Å². The molecule has 0 bridgehead atoms. The molecule has 156 valence electrons. The van der Waals surface area contributed by atoms with Crippen molar-refractivity contribution in [3.05, 3.63) is 95.6 Å². The van der Waals surface area contributed by atoms with E-state index in [1.807, 2.05) is 54.6 Å². The maximum atomic E-state index is 11.7. The van der Waals surface area contributed by atoms with E-state index in [9.17, 15) is 9.90 Å². The van der Waals surface area contributed by atoms with E-state index in [0.717, 1.165) is 28.1 Å². The molecule has 0 fully saturated rings. The molecule has 4 rings (SSSR count). The van der Waals surface area contributed by atoms with Gasteiger partial charge in [-0.3, -0.25) is 0 Å². The molecule has 0 radical (unpaired) electrons. The largest absolute Gasteiger partial charge is 0.478 e. The Bertz CT molecular complexity index is 1230. The van der Waals surface area contributed by atoms with Crippen LogP contribution in [0.5, 0.6) is 0 Å². The van der Waals surface area contributed by atoms with Gasteiger partial charge >= 0.3 is 5.97 Å².